The van der Waals surface area contributed by atoms with E-state index in [0.717, 1.165) is 18.8 Å². The fourth-order valence-corrected chi connectivity index (χ4v) is 3.58. The monoisotopic (exact) mass is 358 g/mol. The normalized spacial score (nSPS) is 18.1. The minimum Gasteiger partial charge on any atom is -0.426 e. The predicted molar refractivity (Wildman–Crippen MR) is 106 cm³/mol. The molecule has 0 heterocycles. The molecule has 0 saturated carbocycles. The van der Waals surface area contributed by atoms with Gasteiger partial charge in [-0.25, -0.2) is 4.79 Å². The molecule has 26 heavy (non-hydrogen) atoms. The summed E-state index contributed by atoms with van der Waals surface area (Å²) in [5, 5.41) is 0. The first-order valence-electron chi connectivity index (χ1n) is 10.3. The van der Waals surface area contributed by atoms with E-state index in [0.29, 0.717) is 5.75 Å². The van der Waals surface area contributed by atoms with Gasteiger partial charge in [-0.3, -0.25) is 0 Å². The van der Waals surface area contributed by atoms with Crippen molar-refractivity contribution < 1.29 is 14.3 Å². The molecule has 3 heteroatoms. The summed E-state index contributed by atoms with van der Waals surface area (Å²) in [6.07, 6.45) is 14.3. The Bertz CT molecular complexity index is 550. The van der Waals surface area contributed by atoms with Gasteiger partial charge in [-0.05, 0) is 49.8 Å². The third kappa shape index (κ3) is 7.63. The average molecular weight is 359 g/mol. The maximum absolute atomic E-state index is 11.9. The third-order valence-corrected chi connectivity index (χ3v) is 5.26. The number of unbranched alkanes of at least 4 members (excludes halogenated alkanes) is 5. The molecule has 1 aliphatic rings. The number of benzene rings is 1. The van der Waals surface area contributed by atoms with Crippen molar-refractivity contribution >= 4 is 6.16 Å². The average Bonchev–Trinajstić information content (AvgIpc) is 2.65. The lowest BCUT2D eigenvalue weighted by Crippen LogP contribution is -2.22. The van der Waals surface area contributed by atoms with Crippen LogP contribution in [0.3, 0.4) is 0 Å². The molecule has 0 N–H and O–H groups in total. The van der Waals surface area contributed by atoms with E-state index >= 15 is 0 Å². The zero-order valence-electron chi connectivity index (χ0n) is 16.4. The van der Waals surface area contributed by atoms with E-state index in [1.165, 1.54) is 56.9 Å². The first-order chi connectivity index (χ1) is 12.7. The summed E-state index contributed by atoms with van der Waals surface area (Å²) < 4.78 is 10.6. The summed E-state index contributed by atoms with van der Waals surface area (Å²) in [6.45, 7) is 4.20. The number of para-hydroxylation sites is 1. The first kappa shape index (κ1) is 20.5. The van der Waals surface area contributed by atoms with Gasteiger partial charge in [0.25, 0.3) is 0 Å². The molecular formula is C23H34O3. The molecule has 0 fully saturated rings. The minimum absolute atomic E-state index is 0.207. The number of hydrogen-bond donors (Lipinski definition) is 0. The highest BCUT2D eigenvalue weighted by Gasteiger charge is 2.21. The van der Waals surface area contributed by atoms with Crippen LogP contribution in [0, 0.1) is 5.92 Å². The van der Waals surface area contributed by atoms with Crippen molar-refractivity contribution in [3.05, 3.63) is 42.0 Å². The first-order valence-corrected chi connectivity index (χ1v) is 10.3. The van der Waals surface area contributed by atoms with E-state index in [1.807, 2.05) is 25.1 Å². The Balaban J connectivity index is 1.65. The second-order valence-electron chi connectivity index (χ2n) is 7.40. The Morgan fingerprint density at radius 3 is 2.54 bits per heavy atom. The van der Waals surface area contributed by atoms with Gasteiger partial charge >= 0.3 is 6.16 Å². The van der Waals surface area contributed by atoms with Crippen LogP contribution in [0.15, 0.2) is 42.0 Å². The SMILES string of the molecule is CCCCCCCCC1CC=C(C(C)OC(=O)Oc2ccccc2)CC1. The van der Waals surface area contributed by atoms with Crippen LogP contribution in [0.4, 0.5) is 4.79 Å². The van der Waals surface area contributed by atoms with Gasteiger partial charge in [0, 0.05) is 0 Å². The third-order valence-electron chi connectivity index (χ3n) is 5.26. The Morgan fingerprint density at radius 2 is 1.85 bits per heavy atom. The summed E-state index contributed by atoms with van der Waals surface area (Å²) in [5.74, 6) is 1.31. The number of allylic oxidation sites excluding steroid dienone is 1. The van der Waals surface area contributed by atoms with Gasteiger partial charge in [0.15, 0.2) is 0 Å². The molecule has 1 aromatic rings. The Hall–Kier alpha value is -1.77. The van der Waals surface area contributed by atoms with Gasteiger partial charge in [0.2, 0.25) is 0 Å². The fourth-order valence-electron chi connectivity index (χ4n) is 3.58. The summed E-state index contributed by atoms with van der Waals surface area (Å²) in [6, 6.07) is 9.05. The molecule has 0 spiro atoms. The van der Waals surface area contributed by atoms with Gasteiger partial charge in [0.1, 0.15) is 11.9 Å². The molecule has 2 unspecified atom stereocenters. The zero-order chi connectivity index (χ0) is 18.6. The van der Waals surface area contributed by atoms with Crippen LogP contribution in [-0.4, -0.2) is 12.3 Å². The van der Waals surface area contributed by atoms with Crippen LogP contribution >= 0.6 is 0 Å². The van der Waals surface area contributed by atoms with E-state index < -0.39 is 6.16 Å². The second-order valence-corrected chi connectivity index (χ2v) is 7.40. The molecule has 0 radical (unpaired) electrons. The van der Waals surface area contributed by atoms with Crippen molar-refractivity contribution in [3.63, 3.8) is 0 Å². The predicted octanol–water partition coefficient (Wildman–Crippen LogP) is 7.07. The second kappa shape index (κ2) is 11.8. The van der Waals surface area contributed by atoms with Crippen LogP contribution in [0.5, 0.6) is 5.75 Å². The quantitative estimate of drug-likeness (QED) is 0.194. The van der Waals surface area contributed by atoms with E-state index in [4.69, 9.17) is 9.47 Å². The van der Waals surface area contributed by atoms with Crippen molar-refractivity contribution in [2.45, 2.75) is 84.2 Å². The van der Waals surface area contributed by atoms with E-state index in [9.17, 15) is 4.79 Å². The molecule has 0 bridgehead atoms. The lowest BCUT2D eigenvalue weighted by atomic mass is 9.84. The van der Waals surface area contributed by atoms with Crippen LogP contribution in [0.25, 0.3) is 0 Å². The number of rotatable bonds is 10. The lowest BCUT2D eigenvalue weighted by molar-refractivity contribution is 0.0763. The molecule has 2 atom stereocenters. The molecule has 0 saturated heterocycles. The Kier molecular flexibility index (Phi) is 9.30. The molecular weight excluding hydrogens is 324 g/mol. The highest BCUT2D eigenvalue weighted by atomic mass is 16.7. The molecule has 144 valence electrons. The standard InChI is InChI=1S/C23H34O3/c1-3-4-5-6-7-9-12-20-15-17-21(18-16-20)19(2)25-23(24)26-22-13-10-8-11-14-22/h8,10-11,13-14,17,19-20H,3-7,9,12,15-16,18H2,1-2H3. The van der Waals surface area contributed by atoms with Crippen molar-refractivity contribution in [2.75, 3.05) is 0 Å². The molecule has 2 rings (SSSR count). The topological polar surface area (TPSA) is 35.5 Å². The summed E-state index contributed by atoms with van der Waals surface area (Å²) >= 11 is 0. The number of carbonyl (C=O) groups is 1. The maximum atomic E-state index is 11.9. The molecule has 0 amide bonds. The highest BCUT2D eigenvalue weighted by molar-refractivity contribution is 5.64. The van der Waals surface area contributed by atoms with Crippen molar-refractivity contribution in [1.29, 1.82) is 0 Å². The summed E-state index contributed by atoms with van der Waals surface area (Å²) in [5.41, 5.74) is 1.23. The summed E-state index contributed by atoms with van der Waals surface area (Å²) in [4.78, 5) is 11.9. The summed E-state index contributed by atoms with van der Waals surface area (Å²) in [7, 11) is 0. The van der Waals surface area contributed by atoms with Gasteiger partial charge < -0.3 is 9.47 Å². The Labute approximate surface area is 158 Å². The van der Waals surface area contributed by atoms with Gasteiger partial charge in [0.05, 0.1) is 0 Å². The smallest absolute Gasteiger partial charge is 0.426 e. The molecule has 1 aromatic carbocycles. The molecule has 1 aliphatic carbocycles. The van der Waals surface area contributed by atoms with Crippen molar-refractivity contribution in [1.82, 2.24) is 0 Å². The van der Waals surface area contributed by atoms with Gasteiger partial charge in [-0.2, -0.15) is 0 Å². The maximum Gasteiger partial charge on any atom is 0.514 e. The zero-order valence-corrected chi connectivity index (χ0v) is 16.4. The van der Waals surface area contributed by atoms with Crippen LogP contribution < -0.4 is 4.74 Å². The van der Waals surface area contributed by atoms with E-state index in [2.05, 4.69) is 13.0 Å². The largest absolute Gasteiger partial charge is 0.514 e. The van der Waals surface area contributed by atoms with Gasteiger partial charge in [-0.1, -0.05) is 76.1 Å². The minimum atomic E-state index is -0.626. The van der Waals surface area contributed by atoms with Crippen LogP contribution in [0.1, 0.15) is 78.1 Å². The number of hydrogen-bond acceptors (Lipinski definition) is 3. The van der Waals surface area contributed by atoms with Crippen LogP contribution in [0.2, 0.25) is 0 Å². The van der Waals surface area contributed by atoms with Crippen molar-refractivity contribution in [2.24, 2.45) is 5.92 Å². The Morgan fingerprint density at radius 1 is 1.12 bits per heavy atom. The molecule has 3 nitrogen and oxygen atoms in total. The number of carbonyl (C=O) groups excluding carboxylic acids is 1. The van der Waals surface area contributed by atoms with E-state index in [1.54, 1.807) is 12.1 Å². The van der Waals surface area contributed by atoms with Crippen LogP contribution in [-0.2, 0) is 4.74 Å². The van der Waals surface area contributed by atoms with Crippen molar-refractivity contribution in [3.8, 4) is 5.75 Å². The highest BCUT2D eigenvalue weighted by Crippen LogP contribution is 2.30. The molecule has 0 aromatic heterocycles. The number of ether oxygens (including phenoxy) is 2. The lowest BCUT2D eigenvalue weighted by Gasteiger charge is -2.25. The van der Waals surface area contributed by atoms with Gasteiger partial charge in [-0.15, -0.1) is 0 Å². The van der Waals surface area contributed by atoms with E-state index in [-0.39, 0.29) is 6.10 Å². The molecule has 0 aliphatic heterocycles. The fraction of sp³-hybridized carbons (Fsp3) is 0.609.